The van der Waals surface area contributed by atoms with E-state index in [0.29, 0.717) is 35.9 Å². The van der Waals surface area contributed by atoms with Crippen molar-refractivity contribution in [3.05, 3.63) is 49.1 Å². The predicted molar refractivity (Wildman–Crippen MR) is 117 cm³/mol. The van der Waals surface area contributed by atoms with Crippen LogP contribution in [-0.2, 0) is 7.05 Å². The Labute approximate surface area is 183 Å². The Balaban J connectivity index is 1.53. The minimum absolute atomic E-state index is 0.322. The number of hydrogen-bond donors (Lipinski definition) is 2. The molecule has 0 saturated carbocycles. The summed E-state index contributed by atoms with van der Waals surface area (Å²) in [5, 5.41) is 9.90. The van der Waals surface area contributed by atoms with Crippen LogP contribution in [0.15, 0.2) is 49.1 Å². The van der Waals surface area contributed by atoms with Crippen molar-refractivity contribution in [2.75, 3.05) is 25.5 Å². The van der Waals surface area contributed by atoms with Gasteiger partial charge in [-0.1, -0.05) is 6.07 Å². The average Bonchev–Trinajstić information content (AvgIpc) is 3.40. The van der Waals surface area contributed by atoms with E-state index in [1.54, 1.807) is 36.3 Å². The molecule has 1 aliphatic heterocycles. The number of rotatable bonds is 5. The van der Waals surface area contributed by atoms with Gasteiger partial charge in [0.1, 0.15) is 17.2 Å². The van der Waals surface area contributed by atoms with Crippen molar-refractivity contribution in [2.24, 2.45) is 7.05 Å². The van der Waals surface area contributed by atoms with Crippen molar-refractivity contribution in [3.8, 4) is 28.3 Å². The first-order valence-electron chi connectivity index (χ1n) is 10.3. The summed E-state index contributed by atoms with van der Waals surface area (Å²) in [4.78, 5) is 9.09. The van der Waals surface area contributed by atoms with Crippen molar-refractivity contribution in [3.63, 3.8) is 0 Å². The molecule has 1 atom stereocenters. The summed E-state index contributed by atoms with van der Waals surface area (Å²) < 4.78 is 37.7. The van der Waals surface area contributed by atoms with Gasteiger partial charge in [0.25, 0.3) is 5.92 Å². The molecule has 166 valence electrons. The molecule has 8 nitrogen and oxygen atoms in total. The average molecular weight is 439 g/mol. The number of nitrogens with one attached hydrogen (secondary N) is 2. The van der Waals surface area contributed by atoms with Crippen LogP contribution in [0.2, 0.25) is 0 Å². The Kier molecular flexibility index (Phi) is 5.01. The number of piperidine rings is 1. The fourth-order valence-corrected chi connectivity index (χ4v) is 3.99. The van der Waals surface area contributed by atoms with Crippen molar-refractivity contribution in [2.45, 2.75) is 18.4 Å². The number of alkyl halides is 2. The summed E-state index contributed by atoms with van der Waals surface area (Å²) in [5.74, 6) is -1.75. The van der Waals surface area contributed by atoms with Crippen molar-refractivity contribution < 1.29 is 13.5 Å². The maximum atomic E-state index is 14.2. The van der Waals surface area contributed by atoms with Gasteiger partial charge in [-0.25, -0.2) is 18.7 Å². The van der Waals surface area contributed by atoms with E-state index in [1.807, 2.05) is 36.0 Å². The maximum absolute atomic E-state index is 14.2. The molecule has 0 bridgehead atoms. The zero-order valence-corrected chi connectivity index (χ0v) is 17.7. The highest BCUT2D eigenvalue weighted by Gasteiger charge is 2.41. The smallest absolute Gasteiger partial charge is 0.279 e. The highest BCUT2D eigenvalue weighted by molar-refractivity contribution is 5.73. The van der Waals surface area contributed by atoms with Crippen LogP contribution in [0, 0.1) is 0 Å². The Morgan fingerprint density at radius 1 is 1.25 bits per heavy atom. The van der Waals surface area contributed by atoms with Crippen LogP contribution in [0.1, 0.15) is 6.42 Å². The molecule has 0 unspecified atom stereocenters. The molecule has 0 radical (unpaired) electrons. The molecule has 0 spiro atoms. The Morgan fingerprint density at radius 2 is 2.12 bits per heavy atom. The molecule has 1 aliphatic rings. The summed E-state index contributed by atoms with van der Waals surface area (Å²) in [6.07, 6.45) is 7.64. The molecule has 4 aromatic heterocycles. The first-order valence-corrected chi connectivity index (χ1v) is 10.3. The number of aryl methyl sites for hydroxylation is 1. The van der Waals surface area contributed by atoms with E-state index in [1.165, 1.54) is 0 Å². The van der Waals surface area contributed by atoms with Gasteiger partial charge in [0.05, 0.1) is 43.5 Å². The van der Waals surface area contributed by atoms with Gasteiger partial charge in [0, 0.05) is 36.6 Å². The Morgan fingerprint density at radius 3 is 2.88 bits per heavy atom. The summed E-state index contributed by atoms with van der Waals surface area (Å²) in [7, 11) is 3.47. The minimum Gasteiger partial charge on any atom is -0.496 e. The predicted octanol–water partition coefficient (Wildman–Crippen LogP) is 3.21. The third-order valence-corrected chi connectivity index (χ3v) is 5.66. The normalized spacial score (nSPS) is 18.1. The molecule has 0 aliphatic carbocycles. The van der Waals surface area contributed by atoms with Gasteiger partial charge >= 0.3 is 0 Å². The molecule has 1 saturated heterocycles. The van der Waals surface area contributed by atoms with Crippen molar-refractivity contribution in [1.82, 2.24) is 29.5 Å². The van der Waals surface area contributed by atoms with Crippen LogP contribution in [0.3, 0.4) is 0 Å². The van der Waals surface area contributed by atoms with Gasteiger partial charge in [-0.2, -0.15) is 5.10 Å². The number of ether oxygens (including phenoxy) is 1. The molecule has 0 amide bonds. The fraction of sp³-hybridized carbons (Fsp3) is 0.318. The lowest BCUT2D eigenvalue weighted by molar-refractivity contribution is -0.0322. The van der Waals surface area contributed by atoms with E-state index < -0.39 is 12.0 Å². The lowest BCUT2D eigenvalue weighted by Gasteiger charge is -2.32. The number of aromatic nitrogens is 5. The summed E-state index contributed by atoms with van der Waals surface area (Å²) in [6.45, 7) is 0.204. The van der Waals surface area contributed by atoms with Gasteiger partial charge in [-0.05, 0) is 25.1 Å². The molecule has 10 heteroatoms. The van der Waals surface area contributed by atoms with Crippen LogP contribution in [0.5, 0.6) is 5.75 Å². The number of anilines is 1. The second-order valence-corrected chi connectivity index (χ2v) is 7.86. The number of nitrogens with zero attached hydrogens (tertiary/aromatic N) is 5. The zero-order valence-electron chi connectivity index (χ0n) is 17.7. The monoisotopic (exact) mass is 439 g/mol. The minimum atomic E-state index is -2.84. The van der Waals surface area contributed by atoms with E-state index >= 15 is 0 Å². The van der Waals surface area contributed by atoms with Crippen molar-refractivity contribution >= 4 is 11.5 Å². The van der Waals surface area contributed by atoms with E-state index in [0.717, 1.165) is 16.8 Å². The van der Waals surface area contributed by atoms with Crippen LogP contribution < -0.4 is 15.4 Å². The summed E-state index contributed by atoms with van der Waals surface area (Å²) in [6, 6.07) is 6.23. The molecule has 2 N–H and O–H groups in total. The molecule has 4 aromatic rings. The SMILES string of the molecule is COc1cc2ncc(-c3cccc(N[C@@H]4CCNCC4(F)F)n3)n2cc1-c1cnn(C)c1. The number of hydrogen-bond acceptors (Lipinski definition) is 6. The number of pyridine rings is 2. The van der Waals surface area contributed by atoms with Gasteiger partial charge < -0.3 is 15.4 Å². The maximum Gasteiger partial charge on any atom is 0.279 e. The van der Waals surface area contributed by atoms with E-state index in [4.69, 9.17) is 4.74 Å². The second kappa shape index (κ2) is 7.86. The first-order chi connectivity index (χ1) is 15.4. The van der Waals surface area contributed by atoms with Gasteiger partial charge in [-0.3, -0.25) is 9.08 Å². The molecule has 1 fully saturated rings. The van der Waals surface area contributed by atoms with E-state index in [9.17, 15) is 8.78 Å². The summed E-state index contributed by atoms with van der Waals surface area (Å²) in [5.41, 5.74) is 3.82. The standard InChI is InChI=1S/C22H23F2N7O/c1-30-11-14(9-27-30)15-12-31-17(10-26-21(31)8-18(15)32-2)16-4-3-5-20(28-16)29-19-6-7-25-13-22(19,23)24/h3-5,8-12,19,25H,6-7,13H2,1-2H3,(H,28,29)/t19-/m1/s1. The lowest BCUT2D eigenvalue weighted by Crippen LogP contribution is -2.52. The van der Waals surface area contributed by atoms with Crippen molar-refractivity contribution in [1.29, 1.82) is 0 Å². The molecular formula is C22H23F2N7O. The quantitative estimate of drug-likeness (QED) is 0.497. The summed E-state index contributed by atoms with van der Waals surface area (Å²) >= 11 is 0. The van der Waals surface area contributed by atoms with E-state index in [-0.39, 0.29) is 6.54 Å². The van der Waals surface area contributed by atoms with Crippen LogP contribution >= 0.6 is 0 Å². The third-order valence-electron chi connectivity index (χ3n) is 5.66. The van der Waals surface area contributed by atoms with Crippen LogP contribution in [0.4, 0.5) is 14.6 Å². The largest absolute Gasteiger partial charge is 0.496 e. The highest BCUT2D eigenvalue weighted by Crippen LogP contribution is 2.33. The Bertz CT molecular complexity index is 1270. The third kappa shape index (κ3) is 3.66. The zero-order chi connectivity index (χ0) is 22.3. The fourth-order valence-electron chi connectivity index (χ4n) is 3.99. The molecule has 5 heterocycles. The molecule has 32 heavy (non-hydrogen) atoms. The lowest BCUT2D eigenvalue weighted by atomic mass is 10.0. The number of imidazole rings is 1. The number of halogens is 2. The topological polar surface area (TPSA) is 81.3 Å². The number of fused-ring (bicyclic) bond motifs is 1. The molecular weight excluding hydrogens is 416 g/mol. The van der Waals surface area contributed by atoms with Crippen LogP contribution in [0.25, 0.3) is 28.2 Å². The number of methoxy groups -OCH3 is 1. The van der Waals surface area contributed by atoms with E-state index in [2.05, 4.69) is 25.7 Å². The van der Waals surface area contributed by atoms with Crippen LogP contribution in [-0.4, -0.2) is 56.3 Å². The van der Waals surface area contributed by atoms with Gasteiger partial charge in [0.15, 0.2) is 0 Å². The second-order valence-electron chi connectivity index (χ2n) is 7.86. The Hall–Kier alpha value is -3.53. The molecule has 5 rings (SSSR count). The first kappa shape index (κ1) is 20.4. The highest BCUT2D eigenvalue weighted by atomic mass is 19.3. The van der Waals surface area contributed by atoms with Gasteiger partial charge in [-0.15, -0.1) is 0 Å². The molecule has 0 aromatic carbocycles. The van der Waals surface area contributed by atoms with Gasteiger partial charge in [0.2, 0.25) is 0 Å².